The molecule has 0 saturated carbocycles. The van der Waals surface area contributed by atoms with E-state index >= 15 is 0 Å². The molecule has 8 N–H and O–H groups in total. The largest absolute Gasteiger partial charge is 0.488 e. The average Bonchev–Trinajstić information content (AvgIpc) is 2.80. The maximum atomic E-state index is 12.4. The molecule has 0 amide bonds. The summed E-state index contributed by atoms with van der Waals surface area (Å²) in [6, 6.07) is 11.6. The van der Waals surface area contributed by atoms with Crippen LogP contribution >= 0.6 is 11.6 Å². The molecule has 3 aromatic rings. The Morgan fingerprint density at radius 1 is 1.06 bits per heavy atom. The number of aliphatic imine (C=N–C) groups is 1. The van der Waals surface area contributed by atoms with E-state index in [9.17, 15) is 4.79 Å². The lowest BCUT2D eigenvalue weighted by atomic mass is 9.99. The number of carbonyl (C=O) groups is 1. The number of anilines is 2. The lowest BCUT2D eigenvalue weighted by molar-refractivity contribution is -0.0677. The van der Waals surface area contributed by atoms with Crippen LogP contribution in [-0.4, -0.2) is 51.2 Å². The summed E-state index contributed by atoms with van der Waals surface area (Å²) < 4.78 is 5.50. The number of hydrogen-bond donors (Lipinski definition) is 5. The molecule has 2 aromatic carbocycles. The van der Waals surface area contributed by atoms with E-state index in [4.69, 9.17) is 43.8 Å². The molecule has 11 heteroatoms. The number of unbranched alkanes of at least 4 members (excludes halogenated alkanes) is 1. The van der Waals surface area contributed by atoms with Crippen molar-refractivity contribution in [3.63, 3.8) is 0 Å². The van der Waals surface area contributed by atoms with Crippen molar-refractivity contribution in [3.8, 4) is 5.75 Å². The van der Waals surface area contributed by atoms with Gasteiger partial charge in [-0.1, -0.05) is 41.9 Å². The van der Waals surface area contributed by atoms with Gasteiger partial charge < -0.3 is 32.2 Å². The first kappa shape index (κ1) is 25.2. The normalized spacial score (nSPS) is 11.8. The van der Waals surface area contributed by atoms with Crippen LogP contribution in [0.1, 0.15) is 35.3 Å². The fraction of sp³-hybridized carbons (Fsp3) is 0.304. The molecule has 0 aliphatic rings. The summed E-state index contributed by atoms with van der Waals surface area (Å²) in [4.78, 5) is 24.3. The number of nitrogen functional groups attached to an aromatic ring is 2. The quantitative estimate of drug-likeness (QED) is 0.0889. The third-order valence-electron chi connectivity index (χ3n) is 5.04. The van der Waals surface area contributed by atoms with Crippen molar-refractivity contribution in [3.05, 3.63) is 52.8 Å². The van der Waals surface area contributed by atoms with E-state index in [0.717, 1.165) is 35.6 Å². The molecule has 0 radical (unpaired) electrons. The maximum Gasteiger partial charge on any atom is 0.192 e. The molecule has 0 fully saturated rings. The highest BCUT2D eigenvalue weighted by Crippen LogP contribution is 2.29. The monoisotopic (exact) mass is 486 g/mol. The topological polar surface area (TPSA) is 183 Å². The lowest BCUT2D eigenvalue weighted by Gasteiger charge is -2.13. The number of carbonyl (C=O) groups excluding carboxylic acids is 1. The van der Waals surface area contributed by atoms with Crippen molar-refractivity contribution in [1.82, 2.24) is 9.97 Å². The number of nitrogens with two attached hydrogens (primary N) is 3. The summed E-state index contributed by atoms with van der Waals surface area (Å²) in [5, 5.41) is 20.0. The first-order valence-corrected chi connectivity index (χ1v) is 11.0. The number of Topliss-reactive ketones (excluding diaryl/α,β-unsaturated/α-hetero) is 1. The van der Waals surface area contributed by atoms with E-state index in [1.54, 1.807) is 0 Å². The van der Waals surface area contributed by atoms with Gasteiger partial charge in [0.2, 0.25) is 0 Å². The van der Waals surface area contributed by atoms with Crippen LogP contribution in [0.25, 0.3) is 10.8 Å². The molecular weight excluding hydrogens is 460 g/mol. The van der Waals surface area contributed by atoms with Gasteiger partial charge in [0.15, 0.2) is 34.6 Å². The summed E-state index contributed by atoms with van der Waals surface area (Å²) in [7, 11) is 0. The lowest BCUT2D eigenvalue weighted by Crippen LogP contribution is -2.20. The van der Waals surface area contributed by atoms with E-state index in [1.807, 2.05) is 36.4 Å². The van der Waals surface area contributed by atoms with Crippen LogP contribution in [0.2, 0.25) is 5.15 Å². The van der Waals surface area contributed by atoms with E-state index in [1.165, 1.54) is 0 Å². The zero-order chi connectivity index (χ0) is 24.7. The van der Waals surface area contributed by atoms with E-state index < -0.39 is 12.1 Å². The zero-order valence-electron chi connectivity index (χ0n) is 18.4. The number of aromatic nitrogens is 2. The van der Waals surface area contributed by atoms with Gasteiger partial charge in [0, 0.05) is 11.9 Å². The highest BCUT2D eigenvalue weighted by molar-refractivity contribution is 6.31. The standard InChI is InChI=1S/C23H27ClN6O4/c24-21-23(27)30-22(26)20(29-21)16(31)11-18(25)28-10-4-3-5-13-8-9-17(34-12-19(32)33)15-7-2-1-6-14(13)15/h1-2,6-9,19,32-33H,3-5,10-12H2,(H2,25,28)(H4,26,27,30). The van der Waals surface area contributed by atoms with Gasteiger partial charge >= 0.3 is 0 Å². The predicted octanol–water partition coefficient (Wildman–Crippen LogP) is 2.09. The summed E-state index contributed by atoms with van der Waals surface area (Å²) >= 11 is 5.81. The van der Waals surface area contributed by atoms with Crippen LogP contribution in [0.5, 0.6) is 5.75 Å². The number of aryl methyl sites for hydroxylation is 1. The van der Waals surface area contributed by atoms with E-state index in [2.05, 4.69) is 15.0 Å². The van der Waals surface area contributed by atoms with Gasteiger partial charge in [-0.15, -0.1) is 0 Å². The molecule has 0 aliphatic carbocycles. The van der Waals surface area contributed by atoms with Gasteiger partial charge in [-0.2, -0.15) is 0 Å². The van der Waals surface area contributed by atoms with Gasteiger partial charge in [-0.05, 0) is 36.3 Å². The molecule has 0 aliphatic heterocycles. The highest BCUT2D eigenvalue weighted by atomic mass is 35.5. The second kappa shape index (κ2) is 11.6. The van der Waals surface area contributed by atoms with Crippen molar-refractivity contribution in [2.45, 2.75) is 32.0 Å². The fourth-order valence-corrected chi connectivity index (χ4v) is 3.57. The Hall–Kier alpha value is -3.47. The highest BCUT2D eigenvalue weighted by Gasteiger charge is 2.17. The number of hydrogen-bond acceptors (Lipinski definition) is 9. The van der Waals surface area contributed by atoms with Crippen LogP contribution in [0.15, 0.2) is 41.4 Å². The number of ketones is 1. The number of aliphatic hydroxyl groups excluding tert-OH is 1. The number of rotatable bonds is 11. The number of fused-ring (bicyclic) bond motifs is 1. The Bertz CT molecular complexity index is 1200. The number of ether oxygens (including phenoxy) is 1. The van der Waals surface area contributed by atoms with Crippen molar-refractivity contribution in [2.24, 2.45) is 10.7 Å². The predicted molar refractivity (Wildman–Crippen MR) is 132 cm³/mol. The summed E-state index contributed by atoms with van der Waals surface area (Å²) in [6.07, 6.45) is 0.766. The first-order valence-electron chi connectivity index (χ1n) is 10.7. The van der Waals surface area contributed by atoms with Crippen LogP contribution in [0, 0.1) is 0 Å². The summed E-state index contributed by atoms with van der Waals surface area (Å²) in [6.45, 7) is 0.270. The molecule has 10 nitrogen and oxygen atoms in total. The van der Waals surface area contributed by atoms with Crippen LogP contribution in [0.3, 0.4) is 0 Å². The van der Waals surface area contributed by atoms with Crippen LogP contribution in [-0.2, 0) is 6.42 Å². The molecule has 0 saturated heterocycles. The minimum absolute atomic E-state index is 0.0451. The van der Waals surface area contributed by atoms with Crippen molar-refractivity contribution in [2.75, 3.05) is 24.6 Å². The fourth-order valence-electron chi connectivity index (χ4n) is 3.44. The van der Waals surface area contributed by atoms with Gasteiger partial charge in [0.25, 0.3) is 0 Å². The number of nitrogens with zero attached hydrogens (tertiary/aromatic N) is 3. The first-order chi connectivity index (χ1) is 16.3. The average molecular weight is 487 g/mol. The maximum absolute atomic E-state index is 12.4. The SMILES string of the molecule is NC(CC(=O)c1nc(Cl)c(N)nc1N)=NCCCCc1ccc(OCC(O)O)c2ccccc12. The Morgan fingerprint density at radius 3 is 2.53 bits per heavy atom. The number of amidine groups is 1. The number of halogens is 1. The molecular formula is C23H27ClN6O4. The molecule has 1 aromatic heterocycles. The molecule has 0 unspecified atom stereocenters. The Kier molecular flexibility index (Phi) is 8.58. The third kappa shape index (κ3) is 6.53. The Balaban J connectivity index is 1.54. The molecule has 3 rings (SSSR count). The van der Waals surface area contributed by atoms with Gasteiger partial charge in [-0.25, -0.2) is 9.97 Å². The molecule has 0 atom stereocenters. The van der Waals surface area contributed by atoms with E-state index in [-0.39, 0.29) is 41.3 Å². The van der Waals surface area contributed by atoms with Crippen molar-refractivity contribution < 1.29 is 19.7 Å². The van der Waals surface area contributed by atoms with Crippen LogP contribution < -0.4 is 21.9 Å². The van der Waals surface area contributed by atoms with Gasteiger partial charge in [0.1, 0.15) is 18.2 Å². The van der Waals surface area contributed by atoms with Gasteiger partial charge in [0.05, 0.1) is 6.42 Å². The Morgan fingerprint density at radius 2 is 1.79 bits per heavy atom. The molecule has 0 spiro atoms. The Labute approximate surface area is 201 Å². The third-order valence-corrected chi connectivity index (χ3v) is 5.32. The smallest absolute Gasteiger partial charge is 0.192 e. The molecule has 180 valence electrons. The molecule has 34 heavy (non-hydrogen) atoms. The van der Waals surface area contributed by atoms with E-state index in [0.29, 0.717) is 12.3 Å². The zero-order valence-corrected chi connectivity index (χ0v) is 19.2. The second-order valence-corrected chi connectivity index (χ2v) is 7.98. The van der Waals surface area contributed by atoms with Crippen molar-refractivity contribution in [1.29, 1.82) is 0 Å². The molecule has 1 heterocycles. The minimum Gasteiger partial charge on any atom is -0.488 e. The number of benzene rings is 2. The van der Waals surface area contributed by atoms with Gasteiger partial charge in [-0.3, -0.25) is 9.79 Å². The minimum atomic E-state index is -1.53. The number of aliphatic hydroxyl groups is 2. The summed E-state index contributed by atoms with van der Waals surface area (Å²) in [5.41, 5.74) is 18.2. The van der Waals surface area contributed by atoms with Crippen molar-refractivity contribution >= 4 is 45.6 Å². The second-order valence-electron chi connectivity index (χ2n) is 7.62. The molecule has 0 bridgehead atoms. The summed E-state index contributed by atoms with van der Waals surface area (Å²) in [5.74, 6) is 0.196. The van der Waals surface area contributed by atoms with Crippen LogP contribution in [0.4, 0.5) is 11.6 Å².